The maximum absolute atomic E-state index is 12.3. The molecule has 0 saturated carbocycles. The predicted molar refractivity (Wildman–Crippen MR) is 97.7 cm³/mol. The summed E-state index contributed by atoms with van der Waals surface area (Å²) in [6, 6.07) is 7.54. The van der Waals surface area contributed by atoms with Crippen LogP contribution in [0.5, 0.6) is 0 Å². The van der Waals surface area contributed by atoms with Crippen LogP contribution >= 0.6 is 0 Å². The number of carbonyl (C=O) groups excluding carboxylic acids is 2. The molecular weight excluding hydrogens is 372 g/mol. The molecule has 1 saturated heterocycles. The number of rotatable bonds is 6. The third kappa shape index (κ3) is 4.72. The van der Waals surface area contributed by atoms with E-state index in [4.69, 9.17) is 4.52 Å². The van der Waals surface area contributed by atoms with Crippen molar-refractivity contribution in [1.29, 1.82) is 0 Å². The molecule has 2 aromatic rings. The van der Waals surface area contributed by atoms with Crippen LogP contribution < -0.4 is 14.9 Å². The second-order valence-electron chi connectivity index (χ2n) is 6.19. The van der Waals surface area contributed by atoms with Gasteiger partial charge in [-0.25, -0.2) is 13.1 Å². The summed E-state index contributed by atoms with van der Waals surface area (Å²) in [7, 11) is -3.86. The zero-order valence-corrected chi connectivity index (χ0v) is 15.6. The SMILES string of the molecule is Cc1cc(NC(=O)CNS(=O)(=O)c2ccc(N3CCCCC3=O)cc2)no1. The summed E-state index contributed by atoms with van der Waals surface area (Å²) in [4.78, 5) is 25.4. The third-order valence-electron chi connectivity index (χ3n) is 4.10. The molecule has 144 valence electrons. The molecule has 1 aliphatic heterocycles. The first kappa shape index (κ1) is 19.1. The number of carbonyl (C=O) groups is 2. The number of aromatic nitrogens is 1. The van der Waals surface area contributed by atoms with Gasteiger partial charge < -0.3 is 14.7 Å². The van der Waals surface area contributed by atoms with Crippen LogP contribution in [-0.4, -0.2) is 38.5 Å². The molecule has 27 heavy (non-hydrogen) atoms. The molecule has 0 bridgehead atoms. The van der Waals surface area contributed by atoms with Gasteiger partial charge in [0.1, 0.15) is 5.76 Å². The van der Waals surface area contributed by atoms with Gasteiger partial charge in [-0.15, -0.1) is 0 Å². The van der Waals surface area contributed by atoms with Gasteiger partial charge in [0.15, 0.2) is 5.82 Å². The molecule has 1 aliphatic rings. The summed E-state index contributed by atoms with van der Waals surface area (Å²) < 4.78 is 31.7. The molecule has 3 rings (SSSR count). The van der Waals surface area contributed by atoms with Gasteiger partial charge in [0, 0.05) is 24.7 Å². The van der Waals surface area contributed by atoms with Crippen molar-refractivity contribution in [2.75, 3.05) is 23.3 Å². The standard InChI is InChI=1S/C17H20N4O5S/c1-12-10-15(20-26-12)19-16(22)11-18-27(24,25)14-7-5-13(6-8-14)21-9-3-2-4-17(21)23/h5-8,10,18H,2-4,9,11H2,1H3,(H,19,20,22). The Bertz CT molecular complexity index is 936. The van der Waals surface area contributed by atoms with E-state index in [0.29, 0.717) is 24.4 Å². The molecule has 2 heterocycles. The zero-order valence-electron chi connectivity index (χ0n) is 14.8. The molecule has 1 fully saturated rings. The minimum absolute atomic E-state index is 0.0146. The third-order valence-corrected chi connectivity index (χ3v) is 5.52. The Morgan fingerprint density at radius 2 is 2.00 bits per heavy atom. The van der Waals surface area contributed by atoms with Gasteiger partial charge in [0.05, 0.1) is 11.4 Å². The van der Waals surface area contributed by atoms with Gasteiger partial charge in [-0.3, -0.25) is 9.59 Å². The van der Waals surface area contributed by atoms with E-state index in [1.807, 2.05) is 0 Å². The van der Waals surface area contributed by atoms with Gasteiger partial charge >= 0.3 is 0 Å². The molecule has 10 heteroatoms. The lowest BCUT2D eigenvalue weighted by Gasteiger charge is -2.26. The smallest absolute Gasteiger partial charge is 0.241 e. The largest absolute Gasteiger partial charge is 0.360 e. The number of hydrogen-bond acceptors (Lipinski definition) is 6. The van der Waals surface area contributed by atoms with Gasteiger partial charge in [-0.05, 0) is 44.0 Å². The fourth-order valence-corrected chi connectivity index (χ4v) is 3.72. The van der Waals surface area contributed by atoms with Crippen LogP contribution in [-0.2, 0) is 19.6 Å². The lowest BCUT2D eigenvalue weighted by molar-refractivity contribution is -0.119. The summed E-state index contributed by atoms with van der Waals surface area (Å²) in [6.07, 6.45) is 2.30. The molecule has 1 aromatic carbocycles. The van der Waals surface area contributed by atoms with Gasteiger partial charge in [-0.2, -0.15) is 0 Å². The molecule has 1 aromatic heterocycles. The van der Waals surface area contributed by atoms with Crippen molar-refractivity contribution >= 4 is 33.3 Å². The maximum Gasteiger partial charge on any atom is 0.241 e. The van der Waals surface area contributed by atoms with Crippen LogP contribution in [0.25, 0.3) is 0 Å². The highest BCUT2D eigenvalue weighted by atomic mass is 32.2. The van der Waals surface area contributed by atoms with Crippen LogP contribution in [0.2, 0.25) is 0 Å². The second kappa shape index (κ2) is 7.89. The highest BCUT2D eigenvalue weighted by Crippen LogP contribution is 2.22. The van der Waals surface area contributed by atoms with Crippen LogP contribution in [0.1, 0.15) is 25.0 Å². The quantitative estimate of drug-likeness (QED) is 0.767. The second-order valence-corrected chi connectivity index (χ2v) is 7.96. The number of benzene rings is 1. The first-order chi connectivity index (χ1) is 12.8. The zero-order chi connectivity index (χ0) is 19.4. The molecule has 2 N–H and O–H groups in total. The van der Waals surface area contributed by atoms with E-state index in [9.17, 15) is 18.0 Å². The number of nitrogens with one attached hydrogen (secondary N) is 2. The Hall–Kier alpha value is -2.72. The van der Waals surface area contributed by atoms with Gasteiger partial charge in [-0.1, -0.05) is 5.16 Å². The fraction of sp³-hybridized carbons (Fsp3) is 0.353. The number of amides is 2. The Kier molecular flexibility index (Phi) is 5.57. The lowest BCUT2D eigenvalue weighted by atomic mass is 10.1. The molecule has 0 aliphatic carbocycles. The van der Waals surface area contributed by atoms with Gasteiger partial charge in [0.2, 0.25) is 21.8 Å². The van der Waals surface area contributed by atoms with Crippen LogP contribution in [0.15, 0.2) is 39.8 Å². The van der Waals surface area contributed by atoms with Crippen molar-refractivity contribution in [3.05, 3.63) is 36.1 Å². The molecule has 0 spiro atoms. The Morgan fingerprint density at radius 3 is 2.63 bits per heavy atom. The summed E-state index contributed by atoms with van der Waals surface area (Å²) in [5.74, 6) is 0.211. The Labute approximate surface area is 156 Å². The number of piperidine rings is 1. The van der Waals surface area contributed by atoms with Crippen LogP contribution in [0, 0.1) is 6.92 Å². The van der Waals surface area contributed by atoms with Crippen LogP contribution in [0.3, 0.4) is 0 Å². The number of sulfonamides is 1. The summed E-state index contributed by atoms with van der Waals surface area (Å²) in [5.41, 5.74) is 0.665. The fourth-order valence-electron chi connectivity index (χ4n) is 2.74. The molecular formula is C17H20N4O5S. The molecule has 9 nitrogen and oxygen atoms in total. The molecule has 0 unspecified atom stereocenters. The highest BCUT2D eigenvalue weighted by molar-refractivity contribution is 7.89. The number of anilines is 2. The molecule has 0 atom stereocenters. The Morgan fingerprint density at radius 1 is 1.26 bits per heavy atom. The van der Waals surface area contributed by atoms with E-state index in [1.54, 1.807) is 24.0 Å². The van der Waals surface area contributed by atoms with Crippen LogP contribution in [0.4, 0.5) is 11.5 Å². The predicted octanol–water partition coefficient (Wildman–Crippen LogP) is 1.42. The van der Waals surface area contributed by atoms with Crippen molar-refractivity contribution in [3.8, 4) is 0 Å². The van der Waals surface area contributed by atoms with Crippen molar-refractivity contribution in [2.45, 2.75) is 31.1 Å². The van der Waals surface area contributed by atoms with E-state index in [1.165, 1.54) is 18.2 Å². The first-order valence-electron chi connectivity index (χ1n) is 8.48. The van der Waals surface area contributed by atoms with E-state index >= 15 is 0 Å². The molecule has 2 amide bonds. The van der Waals surface area contributed by atoms with E-state index in [2.05, 4.69) is 15.2 Å². The van der Waals surface area contributed by atoms with Crippen molar-refractivity contribution < 1.29 is 22.5 Å². The lowest BCUT2D eigenvalue weighted by Crippen LogP contribution is -2.35. The van der Waals surface area contributed by atoms with Gasteiger partial charge in [0.25, 0.3) is 0 Å². The molecule has 0 radical (unpaired) electrons. The normalized spacial score (nSPS) is 15.0. The maximum atomic E-state index is 12.3. The van der Waals surface area contributed by atoms with E-state index in [-0.39, 0.29) is 16.6 Å². The number of hydrogen-bond donors (Lipinski definition) is 2. The minimum Gasteiger partial charge on any atom is -0.360 e. The Balaban J connectivity index is 1.60. The first-order valence-corrected chi connectivity index (χ1v) is 9.97. The average Bonchev–Trinajstić information content (AvgIpc) is 3.05. The summed E-state index contributed by atoms with van der Waals surface area (Å²) in [6.45, 7) is 1.86. The minimum atomic E-state index is -3.86. The monoisotopic (exact) mass is 392 g/mol. The van der Waals surface area contributed by atoms with Crippen molar-refractivity contribution in [1.82, 2.24) is 9.88 Å². The van der Waals surface area contributed by atoms with E-state index < -0.39 is 22.5 Å². The van der Waals surface area contributed by atoms with Crippen molar-refractivity contribution in [3.63, 3.8) is 0 Å². The van der Waals surface area contributed by atoms with Crippen molar-refractivity contribution in [2.24, 2.45) is 0 Å². The average molecular weight is 392 g/mol. The topological polar surface area (TPSA) is 122 Å². The highest BCUT2D eigenvalue weighted by Gasteiger charge is 2.21. The summed E-state index contributed by atoms with van der Waals surface area (Å²) >= 11 is 0. The van der Waals surface area contributed by atoms with E-state index in [0.717, 1.165) is 12.8 Å². The summed E-state index contributed by atoms with van der Waals surface area (Å²) in [5, 5.41) is 6.03. The number of aryl methyl sites for hydroxylation is 1. The number of nitrogens with zero attached hydrogens (tertiary/aromatic N) is 2.